The van der Waals surface area contributed by atoms with Gasteiger partial charge in [-0.2, -0.15) is 0 Å². The van der Waals surface area contributed by atoms with Crippen LogP contribution in [0.15, 0.2) is 28.8 Å². The summed E-state index contributed by atoms with van der Waals surface area (Å²) in [7, 11) is 1.93. The van der Waals surface area contributed by atoms with Gasteiger partial charge in [0.2, 0.25) is 0 Å². The van der Waals surface area contributed by atoms with E-state index in [9.17, 15) is 13.9 Å². The van der Waals surface area contributed by atoms with Gasteiger partial charge in [-0.1, -0.05) is 11.2 Å². The van der Waals surface area contributed by atoms with Crippen molar-refractivity contribution >= 4 is 0 Å². The van der Waals surface area contributed by atoms with Crippen molar-refractivity contribution in [2.24, 2.45) is 0 Å². The predicted octanol–water partition coefficient (Wildman–Crippen LogP) is 2.86. The average molecular weight is 349 g/mol. The minimum atomic E-state index is -0.958. The molecule has 0 spiro atoms. The van der Waals surface area contributed by atoms with E-state index in [-0.39, 0.29) is 12.1 Å². The standard InChI is InChI=1S/C18H21F2N3O2/c1-23-7-6-14(17(23)11-4-5-12(19)13(20)8-11)21-18(24)15-9-16(25-22-15)10-2-3-10/h4-5,8-10,14,17-18,21,24H,2-3,6-7H2,1H3. The monoisotopic (exact) mass is 349 g/mol. The summed E-state index contributed by atoms with van der Waals surface area (Å²) < 4.78 is 32.1. The molecule has 134 valence electrons. The van der Waals surface area contributed by atoms with E-state index in [4.69, 9.17) is 4.52 Å². The molecule has 25 heavy (non-hydrogen) atoms. The van der Waals surface area contributed by atoms with Gasteiger partial charge in [-0.3, -0.25) is 10.2 Å². The first-order valence-corrected chi connectivity index (χ1v) is 8.58. The molecule has 1 aliphatic carbocycles. The van der Waals surface area contributed by atoms with Crippen molar-refractivity contribution in [2.45, 2.75) is 43.5 Å². The van der Waals surface area contributed by atoms with Crippen molar-refractivity contribution in [3.05, 3.63) is 52.9 Å². The van der Waals surface area contributed by atoms with Gasteiger partial charge in [0.05, 0.1) is 6.04 Å². The molecule has 2 heterocycles. The van der Waals surface area contributed by atoms with Crippen LogP contribution in [0.5, 0.6) is 0 Å². The maximum atomic E-state index is 13.6. The summed E-state index contributed by atoms with van der Waals surface area (Å²) in [4.78, 5) is 2.06. The van der Waals surface area contributed by atoms with Gasteiger partial charge in [-0.15, -0.1) is 0 Å². The third kappa shape index (κ3) is 3.31. The Labute approximate surface area is 144 Å². The number of likely N-dealkylation sites (tertiary alicyclic amines) is 1. The van der Waals surface area contributed by atoms with Crippen LogP contribution in [0.4, 0.5) is 8.78 Å². The van der Waals surface area contributed by atoms with Gasteiger partial charge in [0.25, 0.3) is 0 Å². The number of halogens is 2. The lowest BCUT2D eigenvalue weighted by Crippen LogP contribution is -2.37. The summed E-state index contributed by atoms with van der Waals surface area (Å²) in [5.41, 5.74) is 1.14. The number of aliphatic hydroxyl groups is 1. The topological polar surface area (TPSA) is 61.5 Å². The number of benzene rings is 1. The molecule has 2 aromatic rings. The molecule has 3 atom stereocenters. The Kier molecular flexibility index (Phi) is 4.31. The van der Waals surface area contributed by atoms with Gasteiger partial charge >= 0.3 is 0 Å². The number of aromatic nitrogens is 1. The summed E-state index contributed by atoms with van der Waals surface area (Å²) in [6.45, 7) is 0.792. The Balaban J connectivity index is 1.50. The number of rotatable bonds is 5. The van der Waals surface area contributed by atoms with Crippen LogP contribution in [0.1, 0.15) is 54.5 Å². The first-order chi connectivity index (χ1) is 12.0. The molecule has 1 saturated heterocycles. The fraction of sp³-hybridized carbons (Fsp3) is 0.500. The van der Waals surface area contributed by atoms with Crippen LogP contribution in [0.3, 0.4) is 0 Å². The average Bonchev–Trinajstić information content (AvgIpc) is 3.20. The number of hydrogen-bond acceptors (Lipinski definition) is 5. The van der Waals surface area contributed by atoms with Crippen molar-refractivity contribution in [2.75, 3.05) is 13.6 Å². The van der Waals surface area contributed by atoms with Crippen LogP contribution in [0, 0.1) is 11.6 Å². The normalized spacial score (nSPS) is 25.4. The second-order valence-electron chi connectivity index (χ2n) is 6.99. The number of hydrogen-bond donors (Lipinski definition) is 2. The highest BCUT2D eigenvalue weighted by Gasteiger charge is 2.35. The SMILES string of the molecule is CN1CCC(NC(O)c2cc(C3CC3)on2)C1c1ccc(F)c(F)c1. The lowest BCUT2D eigenvalue weighted by molar-refractivity contribution is 0.106. The molecule has 2 aliphatic rings. The Hall–Kier alpha value is -1.83. The molecular weight excluding hydrogens is 328 g/mol. The van der Waals surface area contributed by atoms with Crippen LogP contribution in [0.25, 0.3) is 0 Å². The van der Waals surface area contributed by atoms with Gasteiger partial charge in [0.15, 0.2) is 17.9 Å². The number of nitrogens with zero attached hydrogens (tertiary/aromatic N) is 2. The van der Waals surface area contributed by atoms with Crippen molar-refractivity contribution in [3.8, 4) is 0 Å². The Morgan fingerprint density at radius 3 is 2.76 bits per heavy atom. The molecule has 2 N–H and O–H groups in total. The van der Waals surface area contributed by atoms with Gasteiger partial charge in [-0.05, 0) is 44.0 Å². The van der Waals surface area contributed by atoms with Gasteiger partial charge < -0.3 is 9.63 Å². The molecule has 1 aromatic heterocycles. The Morgan fingerprint density at radius 1 is 1.24 bits per heavy atom. The van der Waals surface area contributed by atoms with Crippen molar-refractivity contribution in [1.29, 1.82) is 0 Å². The van der Waals surface area contributed by atoms with Gasteiger partial charge in [0.1, 0.15) is 11.5 Å². The first-order valence-electron chi connectivity index (χ1n) is 8.58. The molecule has 0 radical (unpaired) electrons. The molecule has 2 fully saturated rings. The van der Waals surface area contributed by atoms with E-state index in [1.807, 2.05) is 7.05 Å². The van der Waals surface area contributed by atoms with Crippen LogP contribution < -0.4 is 5.32 Å². The van der Waals surface area contributed by atoms with E-state index in [1.165, 1.54) is 6.07 Å². The highest BCUT2D eigenvalue weighted by Crippen LogP contribution is 2.40. The van der Waals surface area contributed by atoms with Crippen molar-refractivity contribution in [3.63, 3.8) is 0 Å². The quantitative estimate of drug-likeness (QED) is 0.813. The Bertz CT molecular complexity index is 763. The number of likely N-dealkylation sites (N-methyl/N-ethyl adjacent to an activating group) is 1. The van der Waals surface area contributed by atoms with E-state index >= 15 is 0 Å². The molecule has 4 rings (SSSR count). The maximum Gasteiger partial charge on any atom is 0.159 e. The van der Waals surface area contributed by atoms with Crippen LogP contribution >= 0.6 is 0 Å². The third-order valence-electron chi connectivity index (χ3n) is 5.11. The molecule has 3 unspecified atom stereocenters. The molecule has 5 nitrogen and oxygen atoms in total. The second-order valence-corrected chi connectivity index (χ2v) is 6.99. The molecule has 1 saturated carbocycles. The maximum absolute atomic E-state index is 13.6. The van der Waals surface area contributed by atoms with Crippen LogP contribution in [-0.4, -0.2) is 34.8 Å². The highest BCUT2D eigenvalue weighted by molar-refractivity contribution is 5.24. The molecule has 7 heteroatoms. The summed E-state index contributed by atoms with van der Waals surface area (Å²) in [5, 5.41) is 17.6. The molecular formula is C18H21F2N3O2. The van der Waals surface area contributed by atoms with E-state index in [1.54, 1.807) is 12.1 Å². The van der Waals surface area contributed by atoms with E-state index in [2.05, 4.69) is 15.4 Å². The fourth-order valence-electron chi connectivity index (χ4n) is 3.59. The summed E-state index contributed by atoms with van der Waals surface area (Å²) in [6.07, 6.45) is 2.03. The van der Waals surface area contributed by atoms with E-state index in [0.29, 0.717) is 17.2 Å². The summed E-state index contributed by atoms with van der Waals surface area (Å²) in [6, 6.07) is 5.49. The zero-order chi connectivity index (χ0) is 17.6. The smallest absolute Gasteiger partial charge is 0.159 e. The van der Waals surface area contributed by atoms with E-state index in [0.717, 1.165) is 37.6 Å². The molecule has 0 amide bonds. The number of nitrogens with one attached hydrogen (secondary N) is 1. The van der Waals surface area contributed by atoms with Crippen LogP contribution in [0.2, 0.25) is 0 Å². The largest absolute Gasteiger partial charge is 0.373 e. The van der Waals surface area contributed by atoms with E-state index < -0.39 is 17.9 Å². The zero-order valence-electron chi connectivity index (χ0n) is 14.0. The molecule has 1 aliphatic heterocycles. The van der Waals surface area contributed by atoms with Gasteiger partial charge in [-0.25, -0.2) is 8.78 Å². The fourth-order valence-corrected chi connectivity index (χ4v) is 3.59. The second kappa shape index (κ2) is 6.48. The lowest BCUT2D eigenvalue weighted by atomic mass is 9.99. The zero-order valence-corrected chi connectivity index (χ0v) is 14.0. The summed E-state index contributed by atoms with van der Waals surface area (Å²) >= 11 is 0. The Morgan fingerprint density at radius 2 is 2.04 bits per heavy atom. The predicted molar refractivity (Wildman–Crippen MR) is 86.7 cm³/mol. The molecule has 1 aromatic carbocycles. The molecule has 0 bridgehead atoms. The van der Waals surface area contributed by atoms with Gasteiger partial charge in [0, 0.05) is 24.6 Å². The first kappa shape index (κ1) is 16.6. The number of aliphatic hydroxyl groups excluding tert-OH is 1. The van der Waals surface area contributed by atoms with Crippen molar-refractivity contribution < 1.29 is 18.4 Å². The lowest BCUT2D eigenvalue weighted by Gasteiger charge is -2.27. The van der Waals surface area contributed by atoms with Crippen LogP contribution in [-0.2, 0) is 0 Å². The minimum absolute atomic E-state index is 0.106. The summed E-state index contributed by atoms with van der Waals surface area (Å²) in [5.74, 6) is -0.468. The highest BCUT2D eigenvalue weighted by atomic mass is 19.2. The third-order valence-corrected chi connectivity index (χ3v) is 5.11. The van der Waals surface area contributed by atoms with Crippen molar-refractivity contribution in [1.82, 2.24) is 15.4 Å². The minimum Gasteiger partial charge on any atom is -0.373 e.